The molecule has 2 aliphatic rings. The number of nitrogens with zero attached hydrogens (tertiary/aromatic N) is 3. The molecule has 2 aromatic rings. The third-order valence-corrected chi connectivity index (χ3v) is 6.03. The summed E-state index contributed by atoms with van der Waals surface area (Å²) in [5.41, 5.74) is 1.29. The Morgan fingerprint density at radius 3 is 2.74 bits per heavy atom. The van der Waals surface area contributed by atoms with Crippen molar-refractivity contribution < 1.29 is 14.1 Å². The van der Waals surface area contributed by atoms with Gasteiger partial charge in [0.15, 0.2) is 5.82 Å². The van der Waals surface area contributed by atoms with Gasteiger partial charge < -0.3 is 14.2 Å². The van der Waals surface area contributed by atoms with Crippen molar-refractivity contribution in [1.82, 2.24) is 15.0 Å². The van der Waals surface area contributed by atoms with E-state index in [2.05, 4.69) is 22.3 Å². The fourth-order valence-electron chi connectivity index (χ4n) is 4.48. The molecule has 1 atom stereocenters. The standard InChI is InChI=1S/C21H27N3O3/c1-16-22-20(27-23-16)18-14-24(15-21(18)10-12-26-13-11-21)19(25)9-5-8-17-6-3-2-4-7-17/h2-4,6-7,18H,5,8-15H2,1H3. The van der Waals surface area contributed by atoms with Crippen LogP contribution in [0.3, 0.4) is 0 Å². The van der Waals surface area contributed by atoms with E-state index in [9.17, 15) is 4.79 Å². The Morgan fingerprint density at radius 1 is 1.26 bits per heavy atom. The molecule has 0 bridgehead atoms. The zero-order chi connectivity index (χ0) is 18.7. The summed E-state index contributed by atoms with van der Waals surface area (Å²) in [6.45, 7) is 4.75. The molecule has 1 aromatic carbocycles. The van der Waals surface area contributed by atoms with Gasteiger partial charge in [-0.25, -0.2) is 0 Å². The summed E-state index contributed by atoms with van der Waals surface area (Å²) < 4.78 is 11.1. The molecule has 27 heavy (non-hydrogen) atoms. The van der Waals surface area contributed by atoms with Crippen LogP contribution in [-0.2, 0) is 16.0 Å². The highest BCUT2D eigenvalue weighted by Gasteiger charge is 2.51. The van der Waals surface area contributed by atoms with Gasteiger partial charge >= 0.3 is 0 Å². The van der Waals surface area contributed by atoms with Crippen LogP contribution in [0.5, 0.6) is 0 Å². The monoisotopic (exact) mass is 369 g/mol. The second kappa shape index (κ2) is 7.80. The van der Waals surface area contributed by atoms with E-state index < -0.39 is 0 Å². The first kappa shape index (κ1) is 18.2. The number of aryl methyl sites for hydroxylation is 2. The summed E-state index contributed by atoms with van der Waals surface area (Å²) in [6.07, 6.45) is 4.27. The molecule has 2 fully saturated rings. The lowest BCUT2D eigenvalue weighted by atomic mass is 9.72. The number of benzene rings is 1. The van der Waals surface area contributed by atoms with Crippen LogP contribution < -0.4 is 0 Å². The van der Waals surface area contributed by atoms with Gasteiger partial charge in [-0.2, -0.15) is 4.98 Å². The minimum Gasteiger partial charge on any atom is -0.381 e. The molecule has 4 rings (SSSR count). The number of ether oxygens (including phenoxy) is 1. The van der Waals surface area contributed by atoms with Crippen molar-refractivity contribution in [2.75, 3.05) is 26.3 Å². The van der Waals surface area contributed by atoms with Gasteiger partial charge in [-0.1, -0.05) is 35.5 Å². The van der Waals surface area contributed by atoms with E-state index >= 15 is 0 Å². The van der Waals surface area contributed by atoms with Gasteiger partial charge in [-0.3, -0.25) is 4.79 Å². The molecule has 0 radical (unpaired) electrons. The lowest BCUT2D eigenvalue weighted by molar-refractivity contribution is -0.131. The maximum Gasteiger partial charge on any atom is 0.232 e. The van der Waals surface area contributed by atoms with Crippen molar-refractivity contribution in [3.05, 3.63) is 47.6 Å². The van der Waals surface area contributed by atoms with E-state index in [4.69, 9.17) is 9.26 Å². The number of carbonyl (C=O) groups excluding carboxylic acids is 1. The molecule has 2 saturated heterocycles. The van der Waals surface area contributed by atoms with E-state index in [0.29, 0.717) is 24.7 Å². The molecule has 0 aliphatic carbocycles. The minimum absolute atomic E-state index is 0.00626. The Kier molecular flexibility index (Phi) is 5.25. The van der Waals surface area contributed by atoms with Crippen LogP contribution in [0.25, 0.3) is 0 Å². The first-order chi connectivity index (χ1) is 13.2. The summed E-state index contributed by atoms with van der Waals surface area (Å²) in [5, 5.41) is 3.97. The molecule has 1 spiro atoms. The van der Waals surface area contributed by atoms with Crippen LogP contribution in [0, 0.1) is 12.3 Å². The first-order valence-corrected chi connectivity index (χ1v) is 9.86. The number of aromatic nitrogens is 2. The van der Waals surface area contributed by atoms with Crippen LogP contribution >= 0.6 is 0 Å². The maximum absolute atomic E-state index is 12.9. The maximum atomic E-state index is 12.9. The third-order valence-electron chi connectivity index (χ3n) is 6.03. The minimum atomic E-state index is 0.00626. The topological polar surface area (TPSA) is 68.5 Å². The van der Waals surface area contributed by atoms with Gasteiger partial charge in [0.1, 0.15) is 0 Å². The number of hydrogen-bond donors (Lipinski definition) is 0. The van der Waals surface area contributed by atoms with Gasteiger partial charge in [0.25, 0.3) is 0 Å². The zero-order valence-corrected chi connectivity index (χ0v) is 15.9. The average molecular weight is 369 g/mol. The molecule has 1 aromatic heterocycles. The Morgan fingerprint density at radius 2 is 2.04 bits per heavy atom. The lowest BCUT2D eigenvalue weighted by Crippen LogP contribution is -2.37. The van der Waals surface area contributed by atoms with Crippen molar-refractivity contribution in [2.45, 2.75) is 44.9 Å². The van der Waals surface area contributed by atoms with E-state index in [-0.39, 0.29) is 17.2 Å². The van der Waals surface area contributed by atoms with Crippen LogP contribution in [0.1, 0.15) is 48.9 Å². The van der Waals surface area contributed by atoms with Gasteiger partial charge in [-0.15, -0.1) is 0 Å². The van der Waals surface area contributed by atoms with Gasteiger partial charge in [-0.05, 0) is 38.2 Å². The zero-order valence-electron chi connectivity index (χ0n) is 15.9. The smallest absolute Gasteiger partial charge is 0.232 e. The summed E-state index contributed by atoms with van der Waals surface area (Å²) >= 11 is 0. The largest absolute Gasteiger partial charge is 0.381 e. The summed E-state index contributed by atoms with van der Waals surface area (Å²) in [6, 6.07) is 10.3. The van der Waals surface area contributed by atoms with Crippen molar-refractivity contribution >= 4 is 5.91 Å². The van der Waals surface area contributed by atoms with Crippen LogP contribution in [0.2, 0.25) is 0 Å². The molecule has 144 valence electrons. The average Bonchev–Trinajstić information content (AvgIpc) is 3.27. The molecule has 1 unspecified atom stereocenters. The summed E-state index contributed by atoms with van der Waals surface area (Å²) in [5.74, 6) is 1.67. The van der Waals surface area contributed by atoms with E-state index in [1.165, 1.54) is 5.56 Å². The van der Waals surface area contributed by atoms with E-state index in [1.807, 2.05) is 30.0 Å². The normalized spacial score (nSPS) is 21.7. The molecular weight excluding hydrogens is 342 g/mol. The summed E-state index contributed by atoms with van der Waals surface area (Å²) in [4.78, 5) is 19.4. The van der Waals surface area contributed by atoms with Crippen LogP contribution in [0.4, 0.5) is 0 Å². The quantitative estimate of drug-likeness (QED) is 0.810. The van der Waals surface area contributed by atoms with E-state index in [0.717, 1.165) is 45.4 Å². The van der Waals surface area contributed by atoms with Crippen LogP contribution in [-0.4, -0.2) is 47.3 Å². The first-order valence-electron chi connectivity index (χ1n) is 9.86. The fourth-order valence-corrected chi connectivity index (χ4v) is 4.48. The summed E-state index contributed by atoms with van der Waals surface area (Å²) in [7, 11) is 0. The van der Waals surface area contributed by atoms with Gasteiger partial charge in [0.2, 0.25) is 11.8 Å². The molecular formula is C21H27N3O3. The van der Waals surface area contributed by atoms with Crippen LogP contribution in [0.15, 0.2) is 34.9 Å². The molecule has 6 heteroatoms. The van der Waals surface area contributed by atoms with E-state index in [1.54, 1.807) is 0 Å². The number of likely N-dealkylation sites (tertiary alicyclic amines) is 1. The highest BCUT2D eigenvalue weighted by molar-refractivity contribution is 5.76. The third kappa shape index (κ3) is 3.90. The SMILES string of the molecule is Cc1noc(C2CN(C(=O)CCCc3ccccc3)CC23CCOCC3)n1. The van der Waals surface area contributed by atoms with Crippen molar-refractivity contribution in [3.63, 3.8) is 0 Å². The second-order valence-electron chi connectivity index (χ2n) is 7.82. The van der Waals surface area contributed by atoms with Crippen molar-refractivity contribution in [2.24, 2.45) is 5.41 Å². The molecule has 6 nitrogen and oxygen atoms in total. The Bertz CT molecular complexity index is 768. The highest BCUT2D eigenvalue weighted by Crippen LogP contribution is 2.49. The Labute approximate surface area is 159 Å². The predicted molar refractivity (Wildman–Crippen MR) is 100 cm³/mol. The predicted octanol–water partition coefficient (Wildman–Crippen LogP) is 3.12. The molecule has 3 heterocycles. The number of rotatable bonds is 5. The molecule has 1 amide bonds. The Hall–Kier alpha value is -2.21. The lowest BCUT2D eigenvalue weighted by Gasteiger charge is -2.36. The molecule has 2 aliphatic heterocycles. The Balaban J connectivity index is 1.41. The van der Waals surface area contributed by atoms with Crippen molar-refractivity contribution in [1.29, 1.82) is 0 Å². The number of amides is 1. The fraction of sp³-hybridized carbons (Fsp3) is 0.571. The molecule has 0 saturated carbocycles. The second-order valence-corrected chi connectivity index (χ2v) is 7.82. The van der Waals surface area contributed by atoms with Gasteiger partial charge in [0, 0.05) is 38.1 Å². The van der Waals surface area contributed by atoms with Crippen molar-refractivity contribution in [3.8, 4) is 0 Å². The number of carbonyl (C=O) groups is 1. The number of hydrogen-bond acceptors (Lipinski definition) is 5. The van der Waals surface area contributed by atoms with Gasteiger partial charge in [0.05, 0.1) is 5.92 Å². The molecule has 0 N–H and O–H groups in total. The highest BCUT2D eigenvalue weighted by atomic mass is 16.5.